The number of hydrogen-bond acceptors (Lipinski definition) is 1. The normalized spacial score (nSPS) is 10.2. The van der Waals surface area contributed by atoms with E-state index >= 15 is 0 Å². The lowest BCUT2D eigenvalue weighted by Crippen LogP contribution is -2.01. The number of benzene rings is 1. The smallest absolute Gasteiger partial charge is 0.127 e. The quantitative estimate of drug-likeness (QED) is 0.774. The first-order valence-corrected chi connectivity index (χ1v) is 4.37. The van der Waals surface area contributed by atoms with Crippen LogP contribution in [0.3, 0.4) is 0 Å². The van der Waals surface area contributed by atoms with Crippen molar-refractivity contribution in [1.82, 2.24) is 0 Å². The van der Waals surface area contributed by atoms with Crippen LogP contribution in [0.4, 0.5) is 4.39 Å². The third-order valence-corrected chi connectivity index (χ3v) is 2.26. The van der Waals surface area contributed by atoms with Crippen molar-refractivity contribution in [2.24, 2.45) is 5.73 Å². The fourth-order valence-corrected chi connectivity index (χ4v) is 1.56. The highest BCUT2D eigenvalue weighted by atomic mass is 127. The van der Waals surface area contributed by atoms with Crippen LogP contribution in [-0.4, -0.2) is 0 Å². The predicted octanol–water partition coefficient (Wildman–Crippen LogP) is 2.20. The zero-order valence-corrected chi connectivity index (χ0v) is 8.35. The molecule has 0 aliphatic rings. The molecule has 0 atom stereocenters. The molecule has 0 fully saturated rings. The molecule has 0 aliphatic heterocycles. The maximum absolute atomic E-state index is 13.0. The summed E-state index contributed by atoms with van der Waals surface area (Å²) in [6, 6.07) is 3.41. The third-order valence-electron chi connectivity index (χ3n) is 1.64. The molecule has 0 aliphatic carbocycles. The van der Waals surface area contributed by atoms with Crippen molar-refractivity contribution >= 4 is 22.6 Å². The van der Waals surface area contributed by atoms with Gasteiger partial charge in [0.2, 0.25) is 0 Å². The first-order chi connectivity index (χ1) is 5.15. The van der Waals surface area contributed by atoms with Crippen LogP contribution in [-0.2, 0) is 6.54 Å². The Morgan fingerprint density at radius 1 is 1.55 bits per heavy atom. The standard InChI is InChI=1S/C8H9FIN/c1-5-6(4-11)2-7(10)3-8(5)9/h2-3H,4,11H2,1H3. The molecule has 0 saturated carbocycles. The van der Waals surface area contributed by atoms with E-state index in [1.165, 1.54) is 6.07 Å². The monoisotopic (exact) mass is 265 g/mol. The minimum Gasteiger partial charge on any atom is -0.326 e. The maximum Gasteiger partial charge on any atom is 0.127 e. The third kappa shape index (κ3) is 1.90. The van der Waals surface area contributed by atoms with Crippen molar-refractivity contribution in [2.45, 2.75) is 13.5 Å². The summed E-state index contributed by atoms with van der Waals surface area (Å²) < 4.78 is 13.9. The molecule has 0 unspecified atom stereocenters. The number of nitrogens with two attached hydrogens (primary N) is 1. The Morgan fingerprint density at radius 3 is 2.73 bits per heavy atom. The van der Waals surface area contributed by atoms with E-state index in [4.69, 9.17) is 5.73 Å². The largest absolute Gasteiger partial charge is 0.326 e. The summed E-state index contributed by atoms with van der Waals surface area (Å²) in [6.45, 7) is 2.15. The van der Waals surface area contributed by atoms with E-state index in [2.05, 4.69) is 22.6 Å². The molecule has 1 aromatic rings. The molecule has 0 bridgehead atoms. The van der Waals surface area contributed by atoms with Crippen molar-refractivity contribution in [3.8, 4) is 0 Å². The Balaban J connectivity index is 3.24. The molecule has 1 nitrogen and oxygen atoms in total. The lowest BCUT2D eigenvalue weighted by atomic mass is 10.1. The fourth-order valence-electron chi connectivity index (χ4n) is 0.911. The molecular weight excluding hydrogens is 256 g/mol. The molecule has 0 saturated heterocycles. The lowest BCUT2D eigenvalue weighted by Gasteiger charge is -2.04. The molecule has 0 aromatic heterocycles. The summed E-state index contributed by atoms with van der Waals surface area (Å²) in [5.74, 6) is -0.169. The van der Waals surface area contributed by atoms with Gasteiger partial charge in [-0.25, -0.2) is 4.39 Å². The van der Waals surface area contributed by atoms with Gasteiger partial charge in [-0.3, -0.25) is 0 Å². The Labute approximate surface area is 78.9 Å². The van der Waals surface area contributed by atoms with Gasteiger partial charge >= 0.3 is 0 Å². The molecule has 0 radical (unpaired) electrons. The Morgan fingerprint density at radius 2 is 2.18 bits per heavy atom. The molecule has 0 amide bonds. The molecule has 3 heteroatoms. The predicted molar refractivity (Wildman–Crippen MR) is 51.7 cm³/mol. The Bertz CT molecular complexity index is 273. The average Bonchev–Trinajstić information content (AvgIpc) is 1.96. The molecule has 60 valence electrons. The molecule has 2 N–H and O–H groups in total. The van der Waals surface area contributed by atoms with Gasteiger partial charge in [0.1, 0.15) is 5.82 Å². The van der Waals surface area contributed by atoms with Crippen LogP contribution in [0.25, 0.3) is 0 Å². The SMILES string of the molecule is Cc1c(F)cc(I)cc1CN. The maximum atomic E-state index is 13.0. The molecule has 1 aromatic carbocycles. The molecule has 0 heterocycles. The highest BCUT2D eigenvalue weighted by Gasteiger charge is 2.03. The van der Waals surface area contributed by atoms with Crippen LogP contribution in [0, 0.1) is 16.3 Å². The minimum atomic E-state index is -0.169. The minimum absolute atomic E-state index is 0.169. The van der Waals surface area contributed by atoms with Gasteiger partial charge in [-0.1, -0.05) is 0 Å². The zero-order valence-electron chi connectivity index (χ0n) is 6.20. The van der Waals surface area contributed by atoms with Gasteiger partial charge in [-0.05, 0) is 52.8 Å². The second kappa shape index (κ2) is 3.49. The molecular formula is C8H9FIN. The van der Waals surface area contributed by atoms with Gasteiger partial charge in [-0.15, -0.1) is 0 Å². The van der Waals surface area contributed by atoms with Gasteiger partial charge in [-0.2, -0.15) is 0 Å². The molecule has 1 rings (SSSR count). The first-order valence-electron chi connectivity index (χ1n) is 3.29. The Hall–Kier alpha value is -0.160. The van der Waals surface area contributed by atoms with E-state index in [1.807, 2.05) is 6.07 Å². The topological polar surface area (TPSA) is 26.0 Å². The van der Waals surface area contributed by atoms with E-state index in [-0.39, 0.29) is 5.82 Å². The van der Waals surface area contributed by atoms with E-state index in [1.54, 1.807) is 6.92 Å². The summed E-state index contributed by atoms with van der Waals surface area (Å²) in [7, 11) is 0. The Kier molecular flexibility index (Phi) is 2.84. The summed E-state index contributed by atoms with van der Waals surface area (Å²) in [6.07, 6.45) is 0. The highest BCUT2D eigenvalue weighted by Crippen LogP contribution is 2.16. The number of halogens is 2. The van der Waals surface area contributed by atoms with E-state index in [0.717, 1.165) is 9.13 Å². The van der Waals surface area contributed by atoms with Crippen molar-refractivity contribution in [2.75, 3.05) is 0 Å². The van der Waals surface area contributed by atoms with Crippen LogP contribution < -0.4 is 5.73 Å². The van der Waals surface area contributed by atoms with Crippen molar-refractivity contribution in [1.29, 1.82) is 0 Å². The van der Waals surface area contributed by atoms with Gasteiger partial charge in [0.15, 0.2) is 0 Å². The fraction of sp³-hybridized carbons (Fsp3) is 0.250. The average molecular weight is 265 g/mol. The summed E-state index contributed by atoms with van der Waals surface area (Å²) in [5, 5.41) is 0. The van der Waals surface area contributed by atoms with Crippen LogP contribution in [0.5, 0.6) is 0 Å². The van der Waals surface area contributed by atoms with Crippen LogP contribution >= 0.6 is 22.6 Å². The molecule has 0 spiro atoms. The van der Waals surface area contributed by atoms with Crippen molar-refractivity contribution < 1.29 is 4.39 Å². The second-order valence-electron chi connectivity index (χ2n) is 2.38. The molecule has 11 heavy (non-hydrogen) atoms. The van der Waals surface area contributed by atoms with Crippen LogP contribution in [0.2, 0.25) is 0 Å². The summed E-state index contributed by atoms with van der Waals surface area (Å²) in [4.78, 5) is 0. The first kappa shape index (κ1) is 8.93. The van der Waals surface area contributed by atoms with Gasteiger partial charge in [0.05, 0.1) is 0 Å². The highest BCUT2D eigenvalue weighted by molar-refractivity contribution is 14.1. The van der Waals surface area contributed by atoms with Gasteiger partial charge in [0, 0.05) is 10.1 Å². The van der Waals surface area contributed by atoms with Crippen LogP contribution in [0.1, 0.15) is 11.1 Å². The lowest BCUT2D eigenvalue weighted by molar-refractivity contribution is 0.614. The van der Waals surface area contributed by atoms with E-state index in [9.17, 15) is 4.39 Å². The summed E-state index contributed by atoms with van der Waals surface area (Å²) >= 11 is 2.08. The van der Waals surface area contributed by atoms with Crippen LogP contribution in [0.15, 0.2) is 12.1 Å². The van der Waals surface area contributed by atoms with E-state index < -0.39 is 0 Å². The van der Waals surface area contributed by atoms with Crippen molar-refractivity contribution in [3.63, 3.8) is 0 Å². The summed E-state index contributed by atoms with van der Waals surface area (Å²) in [5.41, 5.74) is 6.96. The van der Waals surface area contributed by atoms with Gasteiger partial charge in [0.25, 0.3) is 0 Å². The number of rotatable bonds is 1. The van der Waals surface area contributed by atoms with Gasteiger partial charge < -0.3 is 5.73 Å². The van der Waals surface area contributed by atoms with E-state index in [0.29, 0.717) is 12.1 Å². The number of hydrogen-bond donors (Lipinski definition) is 1. The second-order valence-corrected chi connectivity index (χ2v) is 3.62. The zero-order chi connectivity index (χ0) is 8.43. The van der Waals surface area contributed by atoms with Crippen molar-refractivity contribution in [3.05, 3.63) is 32.6 Å².